The smallest absolute Gasteiger partial charge is 0.226 e. The van der Waals surface area contributed by atoms with Gasteiger partial charge in [0.2, 0.25) is 5.91 Å². The fourth-order valence-electron chi connectivity index (χ4n) is 4.34. The van der Waals surface area contributed by atoms with Crippen molar-refractivity contribution in [2.45, 2.75) is 71.4 Å². The third-order valence-corrected chi connectivity index (χ3v) is 6.82. The molecule has 0 aromatic carbocycles. The van der Waals surface area contributed by atoms with Gasteiger partial charge in [-0.25, -0.2) is 0 Å². The van der Waals surface area contributed by atoms with E-state index in [1.807, 2.05) is 0 Å². The van der Waals surface area contributed by atoms with Crippen molar-refractivity contribution in [3.63, 3.8) is 0 Å². The number of nitrogens with zero attached hydrogens (tertiary/aromatic N) is 1. The Kier molecular flexibility index (Phi) is 7.78. The quantitative estimate of drug-likeness (QED) is 0.694. The van der Waals surface area contributed by atoms with Crippen LogP contribution in [0.15, 0.2) is 16.8 Å². The van der Waals surface area contributed by atoms with E-state index in [2.05, 4.69) is 40.9 Å². The molecule has 25 heavy (non-hydrogen) atoms. The number of amides is 1. The number of piperidine rings is 1. The van der Waals surface area contributed by atoms with Gasteiger partial charge in [-0.3, -0.25) is 4.79 Å². The molecule has 2 fully saturated rings. The first-order chi connectivity index (χ1) is 11.7. The van der Waals surface area contributed by atoms with Gasteiger partial charge in [0.1, 0.15) is 0 Å². The van der Waals surface area contributed by atoms with Crippen LogP contribution in [-0.4, -0.2) is 29.9 Å². The van der Waals surface area contributed by atoms with Crippen molar-refractivity contribution in [2.75, 3.05) is 13.1 Å². The van der Waals surface area contributed by atoms with Gasteiger partial charge in [0.25, 0.3) is 0 Å². The van der Waals surface area contributed by atoms with Crippen molar-refractivity contribution in [3.05, 3.63) is 22.4 Å². The molecule has 3 rings (SSSR count). The van der Waals surface area contributed by atoms with Crippen LogP contribution in [0.4, 0.5) is 0 Å². The second-order valence-electron chi connectivity index (χ2n) is 7.68. The highest BCUT2D eigenvalue weighted by molar-refractivity contribution is 7.07. The summed E-state index contributed by atoms with van der Waals surface area (Å²) >= 11 is 1.73. The van der Waals surface area contributed by atoms with Crippen molar-refractivity contribution in [2.24, 2.45) is 11.3 Å². The summed E-state index contributed by atoms with van der Waals surface area (Å²) in [6.07, 6.45) is 8.04. The van der Waals surface area contributed by atoms with E-state index in [9.17, 15) is 4.79 Å². The number of hydrogen-bond acceptors (Lipinski definition) is 3. The maximum absolute atomic E-state index is 13.3. The summed E-state index contributed by atoms with van der Waals surface area (Å²) in [7, 11) is 0. The summed E-state index contributed by atoms with van der Waals surface area (Å²) in [5.41, 5.74) is 1.72. The molecule has 1 aliphatic carbocycles. The molecule has 2 unspecified atom stereocenters. The Hall–Kier alpha value is -0.580. The second-order valence-corrected chi connectivity index (χ2v) is 8.46. The third kappa shape index (κ3) is 4.78. The molecule has 1 aliphatic heterocycles. The molecule has 0 bridgehead atoms. The third-order valence-electron chi connectivity index (χ3n) is 6.09. The summed E-state index contributed by atoms with van der Waals surface area (Å²) in [5.74, 6) is 0.625. The average molecular weight is 385 g/mol. The highest BCUT2D eigenvalue weighted by atomic mass is 35.5. The van der Waals surface area contributed by atoms with Gasteiger partial charge < -0.3 is 10.2 Å². The molecule has 1 amide bonds. The lowest BCUT2D eigenvalue weighted by Gasteiger charge is -2.32. The maximum atomic E-state index is 13.3. The number of hydrogen-bond donors (Lipinski definition) is 1. The van der Waals surface area contributed by atoms with Gasteiger partial charge in [-0.15, -0.1) is 12.4 Å². The van der Waals surface area contributed by atoms with Crippen molar-refractivity contribution >= 4 is 29.7 Å². The number of unbranched alkanes of at least 4 members (excludes halogenated alkanes) is 1. The van der Waals surface area contributed by atoms with Crippen LogP contribution in [0.1, 0.15) is 64.4 Å². The number of rotatable bonds is 8. The van der Waals surface area contributed by atoms with E-state index >= 15 is 0 Å². The SMILES string of the molecule is CCCCC(CC)C(=O)N(Cc1ccsc1)C1CC12CCNCC2.Cl. The highest BCUT2D eigenvalue weighted by Gasteiger charge is 2.58. The molecule has 1 aromatic heterocycles. The zero-order valence-corrected chi connectivity index (χ0v) is 17.3. The molecule has 2 atom stereocenters. The van der Waals surface area contributed by atoms with Crippen molar-refractivity contribution < 1.29 is 4.79 Å². The van der Waals surface area contributed by atoms with Crippen molar-refractivity contribution in [1.29, 1.82) is 0 Å². The Labute approximate surface area is 163 Å². The molecule has 1 spiro atoms. The minimum absolute atomic E-state index is 0. The molecular weight excluding hydrogens is 352 g/mol. The summed E-state index contributed by atoms with van der Waals surface area (Å²) in [5, 5.41) is 7.80. The molecule has 142 valence electrons. The van der Waals surface area contributed by atoms with Crippen molar-refractivity contribution in [1.82, 2.24) is 10.2 Å². The first-order valence-corrected chi connectivity index (χ1v) is 10.7. The van der Waals surface area contributed by atoms with E-state index in [0.29, 0.717) is 17.4 Å². The van der Waals surface area contributed by atoms with Gasteiger partial charge in [-0.1, -0.05) is 26.7 Å². The number of carbonyl (C=O) groups is 1. The number of carbonyl (C=O) groups excluding carboxylic acids is 1. The summed E-state index contributed by atoms with van der Waals surface area (Å²) in [6, 6.07) is 2.65. The van der Waals surface area contributed by atoms with Gasteiger partial charge in [-0.05, 0) is 73.0 Å². The Balaban J connectivity index is 0.00000225. The van der Waals surface area contributed by atoms with E-state index in [-0.39, 0.29) is 18.3 Å². The van der Waals surface area contributed by atoms with Crippen LogP contribution < -0.4 is 5.32 Å². The molecule has 1 saturated heterocycles. The molecule has 3 nitrogen and oxygen atoms in total. The van der Waals surface area contributed by atoms with Crippen LogP contribution in [0.3, 0.4) is 0 Å². The van der Waals surface area contributed by atoms with Gasteiger partial charge in [0, 0.05) is 18.5 Å². The Morgan fingerprint density at radius 2 is 2.16 bits per heavy atom. The normalized spacial score (nSPS) is 22.2. The standard InChI is InChI=1S/C20H32N2OS.ClH/c1-3-5-6-17(4-2)19(23)22(14-16-7-12-24-15-16)18-13-20(18)8-10-21-11-9-20;/h7,12,15,17-18,21H,3-6,8-11,13-14H2,1-2H3;1H. The average Bonchev–Trinajstić information content (AvgIpc) is 3.04. The Morgan fingerprint density at radius 1 is 1.40 bits per heavy atom. The molecule has 2 heterocycles. The van der Waals surface area contributed by atoms with Gasteiger partial charge >= 0.3 is 0 Å². The molecule has 1 saturated carbocycles. The van der Waals surface area contributed by atoms with Crippen LogP contribution in [0.5, 0.6) is 0 Å². The summed E-state index contributed by atoms with van der Waals surface area (Å²) < 4.78 is 0. The van der Waals surface area contributed by atoms with Crippen LogP contribution >= 0.6 is 23.7 Å². The molecule has 2 aliphatic rings. The zero-order chi connectivity index (χ0) is 17.0. The van der Waals surface area contributed by atoms with Crippen LogP contribution in [0.2, 0.25) is 0 Å². The first-order valence-electron chi connectivity index (χ1n) is 9.72. The van der Waals surface area contributed by atoms with E-state index in [1.165, 1.54) is 31.2 Å². The van der Waals surface area contributed by atoms with E-state index in [1.54, 1.807) is 11.3 Å². The number of halogens is 1. The molecular formula is C20H33ClN2OS. The lowest BCUT2D eigenvalue weighted by atomic mass is 9.92. The van der Waals surface area contributed by atoms with Crippen LogP contribution in [0.25, 0.3) is 0 Å². The van der Waals surface area contributed by atoms with Crippen LogP contribution in [0, 0.1) is 11.3 Å². The Morgan fingerprint density at radius 3 is 2.76 bits per heavy atom. The fraction of sp³-hybridized carbons (Fsp3) is 0.750. The molecule has 0 radical (unpaired) electrons. The summed E-state index contributed by atoms with van der Waals surface area (Å²) in [6.45, 7) is 7.43. The lowest BCUT2D eigenvalue weighted by molar-refractivity contribution is -0.138. The monoisotopic (exact) mass is 384 g/mol. The Bertz CT molecular complexity index is 528. The molecule has 1 aromatic rings. The van der Waals surface area contributed by atoms with E-state index in [0.717, 1.165) is 38.9 Å². The van der Waals surface area contributed by atoms with E-state index < -0.39 is 0 Å². The van der Waals surface area contributed by atoms with Gasteiger partial charge in [0.15, 0.2) is 0 Å². The second kappa shape index (κ2) is 9.38. The minimum Gasteiger partial charge on any atom is -0.335 e. The van der Waals surface area contributed by atoms with Crippen molar-refractivity contribution in [3.8, 4) is 0 Å². The maximum Gasteiger partial charge on any atom is 0.226 e. The van der Waals surface area contributed by atoms with Gasteiger partial charge in [-0.2, -0.15) is 11.3 Å². The van der Waals surface area contributed by atoms with Gasteiger partial charge in [0.05, 0.1) is 0 Å². The predicted octanol–water partition coefficient (Wildman–Crippen LogP) is 4.86. The zero-order valence-electron chi connectivity index (χ0n) is 15.6. The number of nitrogens with one attached hydrogen (secondary N) is 1. The minimum atomic E-state index is 0. The number of thiophene rings is 1. The topological polar surface area (TPSA) is 32.3 Å². The predicted molar refractivity (Wildman–Crippen MR) is 108 cm³/mol. The van der Waals surface area contributed by atoms with Crippen LogP contribution in [-0.2, 0) is 11.3 Å². The molecule has 5 heteroatoms. The summed E-state index contributed by atoms with van der Waals surface area (Å²) in [4.78, 5) is 15.6. The first kappa shape index (κ1) is 20.7. The largest absolute Gasteiger partial charge is 0.335 e. The van der Waals surface area contributed by atoms with E-state index in [4.69, 9.17) is 0 Å². The molecule has 1 N–H and O–H groups in total. The highest BCUT2D eigenvalue weighted by Crippen LogP contribution is 2.56. The fourth-order valence-corrected chi connectivity index (χ4v) is 5.00. The lowest BCUT2D eigenvalue weighted by Crippen LogP contribution is -2.41.